The first-order chi connectivity index (χ1) is 16.3. The number of likely N-dealkylation sites (tertiary alicyclic amines) is 1. The number of carbonyl (C=O) groups is 1. The standard InChI is InChI=1S/C25H23F3N4O2/c1-17-16-32(24(33)31-20-5-3-10-29-14-20)11-9-19(17)12-18-4-2-6-21(13-18)34-22-7-8-23(30-15-22)25(26,27)28/h2-8,10,12-15,17H,9,11,16H2,1H3,(H,31,33)/b19-12+. The maximum atomic E-state index is 12.7. The molecule has 1 atom stereocenters. The Morgan fingerprint density at radius 1 is 1.15 bits per heavy atom. The number of benzene rings is 1. The van der Waals surface area contributed by atoms with Crippen LogP contribution in [-0.2, 0) is 6.18 Å². The van der Waals surface area contributed by atoms with Gasteiger partial charge in [0.1, 0.15) is 17.2 Å². The summed E-state index contributed by atoms with van der Waals surface area (Å²) in [4.78, 5) is 21.8. The van der Waals surface area contributed by atoms with Crippen molar-refractivity contribution >= 4 is 17.8 Å². The highest BCUT2D eigenvalue weighted by Gasteiger charge is 2.32. The molecule has 2 amide bonds. The first-order valence-corrected chi connectivity index (χ1v) is 10.8. The minimum absolute atomic E-state index is 0.153. The number of hydrogen-bond acceptors (Lipinski definition) is 4. The second-order valence-electron chi connectivity index (χ2n) is 8.04. The van der Waals surface area contributed by atoms with Crippen LogP contribution in [0.1, 0.15) is 24.6 Å². The van der Waals surface area contributed by atoms with E-state index in [1.54, 1.807) is 35.5 Å². The molecule has 0 saturated carbocycles. The lowest BCUT2D eigenvalue weighted by Crippen LogP contribution is -2.42. The summed E-state index contributed by atoms with van der Waals surface area (Å²) in [6.07, 6.45) is 2.62. The van der Waals surface area contributed by atoms with Crippen molar-refractivity contribution in [2.45, 2.75) is 19.5 Å². The zero-order valence-corrected chi connectivity index (χ0v) is 18.4. The number of alkyl halides is 3. The molecule has 0 radical (unpaired) electrons. The van der Waals surface area contributed by atoms with Gasteiger partial charge in [0.05, 0.1) is 18.1 Å². The average molecular weight is 468 g/mol. The Bertz CT molecular complexity index is 1160. The number of amides is 2. The zero-order valence-electron chi connectivity index (χ0n) is 18.4. The summed E-state index contributed by atoms with van der Waals surface area (Å²) in [5.74, 6) is 0.882. The lowest BCUT2D eigenvalue weighted by Gasteiger charge is -2.33. The minimum Gasteiger partial charge on any atom is -0.456 e. The number of hydrogen-bond donors (Lipinski definition) is 1. The number of ether oxygens (including phenoxy) is 1. The lowest BCUT2D eigenvalue weighted by atomic mass is 9.91. The van der Waals surface area contributed by atoms with Crippen LogP contribution in [-0.4, -0.2) is 34.0 Å². The van der Waals surface area contributed by atoms with Crippen LogP contribution in [0.5, 0.6) is 11.5 Å². The van der Waals surface area contributed by atoms with Crippen LogP contribution in [0.4, 0.5) is 23.7 Å². The molecule has 0 spiro atoms. The van der Waals surface area contributed by atoms with E-state index in [-0.39, 0.29) is 17.7 Å². The van der Waals surface area contributed by atoms with Gasteiger partial charge in [-0.15, -0.1) is 0 Å². The monoisotopic (exact) mass is 468 g/mol. The molecule has 1 unspecified atom stereocenters. The third-order valence-electron chi connectivity index (χ3n) is 5.47. The summed E-state index contributed by atoms with van der Waals surface area (Å²) in [5, 5.41) is 2.86. The molecule has 9 heteroatoms. The van der Waals surface area contributed by atoms with Crippen molar-refractivity contribution in [2.75, 3.05) is 18.4 Å². The molecular formula is C25H23F3N4O2. The Labute approximate surface area is 195 Å². The largest absolute Gasteiger partial charge is 0.456 e. The van der Waals surface area contributed by atoms with E-state index in [2.05, 4.69) is 28.3 Å². The van der Waals surface area contributed by atoms with Gasteiger partial charge in [0.2, 0.25) is 0 Å². The van der Waals surface area contributed by atoms with Crippen LogP contribution < -0.4 is 10.1 Å². The predicted octanol–water partition coefficient (Wildman–Crippen LogP) is 6.25. The molecule has 1 N–H and O–H groups in total. The molecule has 176 valence electrons. The van der Waals surface area contributed by atoms with E-state index in [0.29, 0.717) is 24.5 Å². The van der Waals surface area contributed by atoms with Crippen LogP contribution in [0, 0.1) is 5.92 Å². The molecular weight excluding hydrogens is 445 g/mol. The lowest BCUT2D eigenvalue weighted by molar-refractivity contribution is -0.141. The second-order valence-corrected chi connectivity index (χ2v) is 8.04. The van der Waals surface area contributed by atoms with Gasteiger partial charge in [-0.1, -0.05) is 30.7 Å². The van der Waals surface area contributed by atoms with E-state index in [9.17, 15) is 18.0 Å². The Kier molecular flexibility index (Phi) is 6.81. The Hall–Kier alpha value is -3.88. The summed E-state index contributed by atoms with van der Waals surface area (Å²) >= 11 is 0. The van der Waals surface area contributed by atoms with E-state index in [4.69, 9.17) is 4.74 Å². The van der Waals surface area contributed by atoms with Crippen molar-refractivity contribution in [2.24, 2.45) is 5.92 Å². The minimum atomic E-state index is -4.49. The van der Waals surface area contributed by atoms with E-state index >= 15 is 0 Å². The highest BCUT2D eigenvalue weighted by molar-refractivity contribution is 5.89. The smallest absolute Gasteiger partial charge is 0.433 e. The van der Waals surface area contributed by atoms with Gasteiger partial charge in [-0.3, -0.25) is 4.98 Å². The fourth-order valence-electron chi connectivity index (χ4n) is 3.71. The maximum absolute atomic E-state index is 12.7. The van der Waals surface area contributed by atoms with Gasteiger partial charge in [-0.25, -0.2) is 9.78 Å². The van der Waals surface area contributed by atoms with Crippen molar-refractivity contribution in [3.8, 4) is 11.5 Å². The number of anilines is 1. The van der Waals surface area contributed by atoms with E-state index < -0.39 is 11.9 Å². The third kappa shape index (κ3) is 5.92. The van der Waals surface area contributed by atoms with E-state index in [1.807, 2.05) is 18.2 Å². The summed E-state index contributed by atoms with van der Waals surface area (Å²) in [5.41, 5.74) is 1.81. The molecule has 1 aromatic carbocycles. The molecule has 1 saturated heterocycles. The number of carbonyl (C=O) groups excluding carboxylic acids is 1. The molecule has 2 aromatic heterocycles. The molecule has 3 aromatic rings. The summed E-state index contributed by atoms with van der Waals surface area (Å²) < 4.78 is 43.7. The van der Waals surface area contributed by atoms with Gasteiger partial charge in [-0.05, 0) is 54.3 Å². The highest BCUT2D eigenvalue weighted by atomic mass is 19.4. The summed E-state index contributed by atoms with van der Waals surface area (Å²) in [6.45, 7) is 3.25. The number of piperidine rings is 1. The number of halogens is 3. The Balaban J connectivity index is 1.39. The van der Waals surface area contributed by atoms with Gasteiger partial charge in [0.15, 0.2) is 0 Å². The van der Waals surface area contributed by atoms with Crippen LogP contribution in [0.3, 0.4) is 0 Å². The van der Waals surface area contributed by atoms with Gasteiger partial charge < -0.3 is 15.0 Å². The number of rotatable bonds is 4. The first kappa shape index (κ1) is 23.3. The zero-order chi connectivity index (χ0) is 24.1. The second kappa shape index (κ2) is 9.94. The normalized spacial score (nSPS) is 17.5. The third-order valence-corrected chi connectivity index (χ3v) is 5.47. The molecule has 1 aliphatic heterocycles. The number of nitrogens with one attached hydrogen (secondary N) is 1. The van der Waals surface area contributed by atoms with E-state index in [0.717, 1.165) is 24.2 Å². The molecule has 4 rings (SSSR count). The average Bonchev–Trinajstić information content (AvgIpc) is 2.81. The Morgan fingerprint density at radius 3 is 2.68 bits per heavy atom. The number of urea groups is 1. The van der Waals surface area contributed by atoms with Crippen molar-refractivity contribution in [3.63, 3.8) is 0 Å². The van der Waals surface area contributed by atoms with E-state index in [1.165, 1.54) is 11.6 Å². The van der Waals surface area contributed by atoms with Crippen molar-refractivity contribution in [1.29, 1.82) is 0 Å². The van der Waals surface area contributed by atoms with Gasteiger partial charge in [-0.2, -0.15) is 13.2 Å². The fourth-order valence-corrected chi connectivity index (χ4v) is 3.71. The van der Waals surface area contributed by atoms with Gasteiger partial charge in [0, 0.05) is 19.3 Å². The molecule has 0 bridgehead atoms. The number of aromatic nitrogens is 2. The molecule has 6 nitrogen and oxygen atoms in total. The van der Waals surface area contributed by atoms with Crippen molar-refractivity contribution < 1.29 is 22.7 Å². The SMILES string of the molecule is CC1CN(C(=O)Nc2cccnc2)CC/C1=C\c1cccc(Oc2ccc(C(F)(F)F)nc2)c1. The van der Waals surface area contributed by atoms with Crippen LogP contribution in [0.25, 0.3) is 6.08 Å². The predicted molar refractivity (Wildman–Crippen MR) is 122 cm³/mol. The number of nitrogens with zero attached hydrogens (tertiary/aromatic N) is 3. The Morgan fingerprint density at radius 2 is 2.00 bits per heavy atom. The van der Waals surface area contributed by atoms with Crippen LogP contribution >= 0.6 is 0 Å². The first-order valence-electron chi connectivity index (χ1n) is 10.8. The maximum Gasteiger partial charge on any atom is 0.433 e. The number of pyridine rings is 2. The molecule has 0 aliphatic carbocycles. The highest BCUT2D eigenvalue weighted by Crippen LogP contribution is 2.30. The topological polar surface area (TPSA) is 67.4 Å². The summed E-state index contributed by atoms with van der Waals surface area (Å²) in [6, 6.07) is 12.8. The molecule has 1 aliphatic rings. The van der Waals surface area contributed by atoms with Crippen LogP contribution in [0.2, 0.25) is 0 Å². The van der Waals surface area contributed by atoms with Crippen LogP contribution in [0.15, 0.2) is 72.7 Å². The molecule has 1 fully saturated rings. The van der Waals surface area contributed by atoms with Crippen molar-refractivity contribution in [1.82, 2.24) is 14.9 Å². The van der Waals surface area contributed by atoms with Gasteiger partial charge >= 0.3 is 12.2 Å². The fraction of sp³-hybridized carbons (Fsp3) is 0.240. The summed E-state index contributed by atoms with van der Waals surface area (Å²) in [7, 11) is 0. The van der Waals surface area contributed by atoms with Crippen molar-refractivity contribution in [3.05, 3.63) is 84.0 Å². The quantitative estimate of drug-likeness (QED) is 0.492. The van der Waals surface area contributed by atoms with Gasteiger partial charge in [0.25, 0.3) is 0 Å². The molecule has 3 heterocycles. The molecule has 34 heavy (non-hydrogen) atoms.